The summed E-state index contributed by atoms with van der Waals surface area (Å²) in [6.07, 6.45) is -6.48. The third-order valence-electron chi connectivity index (χ3n) is 3.40. The van der Waals surface area contributed by atoms with E-state index in [0.717, 1.165) is 33.0 Å². The molecule has 28 heavy (non-hydrogen) atoms. The van der Waals surface area contributed by atoms with Crippen molar-refractivity contribution in [1.29, 1.82) is 0 Å². The first-order chi connectivity index (χ1) is 12.8. The van der Waals surface area contributed by atoms with E-state index >= 15 is 0 Å². The molecule has 0 aliphatic carbocycles. The zero-order chi connectivity index (χ0) is 21.4. The first-order valence-corrected chi connectivity index (χ1v) is 8.22. The molecule has 0 aliphatic rings. The quantitative estimate of drug-likeness (QED) is 0.390. The van der Waals surface area contributed by atoms with Gasteiger partial charge in [-0.15, -0.1) is 0 Å². The van der Waals surface area contributed by atoms with Crippen LogP contribution in [0.4, 0.5) is 17.6 Å². The second-order valence-electron chi connectivity index (χ2n) is 5.54. The maximum atomic E-state index is 14.4. The van der Waals surface area contributed by atoms with Crippen molar-refractivity contribution >= 4 is 35.1 Å². The largest absolute Gasteiger partial charge is 0.434 e. The Bertz CT molecular complexity index is 928. The van der Waals surface area contributed by atoms with Gasteiger partial charge in [-0.1, -0.05) is 23.2 Å². The summed E-state index contributed by atoms with van der Waals surface area (Å²) < 4.78 is 63.9. The lowest BCUT2D eigenvalue weighted by Crippen LogP contribution is -2.15. The van der Waals surface area contributed by atoms with Crippen LogP contribution in [0, 0.1) is 5.82 Å². The molecule has 1 heterocycles. The number of carbonyl (C=O) groups excluding carboxylic acids is 2. The summed E-state index contributed by atoms with van der Waals surface area (Å²) in [5.74, 6) is -2.72. The number of hydrogen-bond donors (Lipinski definition) is 0. The number of aryl methyl sites for hydroxylation is 1. The number of esters is 2. The molecule has 0 atom stereocenters. The summed E-state index contributed by atoms with van der Waals surface area (Å²) in [6.45, 7) is 2.06. The molecule has 0 bridgehead atoms. The van der Waals surface area contributed by atoms with Gasteiger partial charge >= 0.3 is 18.1 Å². The molecule has 0 saturated heterocycles. The Hall–Kier alpha value is -2.33. The lowest BCUT2D eigenvalue weighted by Gasteiger charge is -2.19. The number of hydrogen-bond acceptors (Lipinski definition) is 5. The lowest BCUT2D eigenvalue weighted by atomic mass is 10.1. The highest BCUT2D eigenvalue weighted by Crippen LogP contribution is 2.41. The van der Waals surface area contributed by atoms with E-state index in [4.69, 9.17) is 32.7 Å². The highest BCUT2D eigenvalue weighted by atomic mass is 35.5. The average molecular weight is 443 g/mol. The Labute approximate surface area is 165 Å². The Morgan fingerprint density at radius 3 is 2.11 bits per heavy atom. The van der Waals surface area contributed by atoms with Gasteiger partial charge in [0.25, 0.3) is 6.29 Å². The molecule has 12 heteroatoms. The standard InChI is InChI=1S/C16H12Cl2F4N2O4/c1-6(25)27-15(28-7(2)26)8-4-9(11(19)5-10(8)17)13-12(18)14(16(20,21)22)24(3)23-13/h4-5,15H,1-3H3. The molecule has 1 aromatic heterocycles. The number of carbonyl (C=O) groups is 2. The highest BCUT2D eigenvalue weighted by Gasteiger charge is 2.39. The number of benzene rings is 1. The fourth-order valence-corrected chi connectivity index (χ4v) is 2.97. The van der Waals surface area contributed by atoms with Gasteiger partial charge < -0.3 is 9.47 Å². The minimum absolute atomic E-state index is 0.182. The molecule has 152 valence electrons. The molecule has 2 rings (SSSR count). The number of alkyl halides is 3. The van der Waals surface area contributed by atoms with Crippen LogP contribution >= 0.6 is 23.2 Å². The molecule has 0 saturated carbocycles. The van der Waals surface area contributed by atoms with E-state index in [2.05, 4.69) is 5.10 Å². The molecule has 0 aliphatic heterocycles. The predicted octanol–water partition coefficient (Wildman–Crippen LogP) is 4.68. The van der Waals surface area contributed by atoms with Crippen molar-refractivity contribution in [3.05, 3.63) is 39.3 Å². The second kappa shape index (κ2) is 7.96. The number of aromatic nitrogens is 2. The van der Waals surface area contributed by atoms with Crippen LogP contribution in [0.5, 0.6) is 0 Å². The summed E-state index contributed by atoms with van der Waals surface area (Å²) >= 11 is 11.7. The molecule has 0 N–H and O–H groups in total. The monoisotopic (exact) mass is 442 g/mol. The van der Waals surface area contributed by atoms with Crippen molar-refractivity contribution in [3.8, 4) is 11.3 Å². The number of halogens is 6. The van der Waals surface area contributed by atoms with Crippen LogP contribution in [0.25, 0.3) is 11.3 Å². The Morgan fingerprint density at radius 2 is 1.68 bits per heavy atom. The number of nitrogens with zero attached hydrogens (tertiary/aromatic N) is 2. The van der Waals surface area contributed by atoms with Crippen LogP contribution in [0.2, 0.25) is 10.0 Å². The Morgan fingerprint density at radius 1 is 1.14 bits per heavy atom. The highest BCUT2D eigenvalue weighted by molar-refractivity contribution is 6.34. The van der Waals surface area contributed by atoms with Crippen LogP contribution in [0.3, 0.4) is 0 Å². The smallest absolute Gasteiger partial charge is 0.421 e. The summed E-state index contributed by atoms with van der Waals surface area (Å²) in [7, 11) is 0.994. The molecule has 0 amide bonds. The van der Waals surface area contributed by atoms with E-state index in [9.17, 15) is 27.2 Å². The first kappa shape index (κ1) is 22.0. The molecule has 2 aromatic rings. The van der Waals surface area contributed by atoms with E-state index in [0.29, 0.717) is 4.68 Å². The Balaban J connectivity index is 2.67. The van der Waals surface area contributed by atoms with Gasteiger partial charge in [0, 0.05) is 26.5 Å². The second-order valence-corrected chi connectivity index (χ2v) is 6.32. The summed E-state index contributed by atoms with van der Waals surface area (Å²) in [5, 5.41) is 2.50. The van der Waals surface area contributed by atoms with Crippen LogP contribution in [0.15, 0.2) is 12.1 Å². The third kappa shape index (κ3) is 4.56. The van der Waals surface area contributed by atoms with E-state index in [1.165, 1.54) is 0 Å². The minimum atomic E-state index is -4.83. The van der Waals surface area contributed by atoms with Crippen molar-refractivity contribution < 1.29 is 36.6 Å². The van der Waals surface area contributed by atoms with Gasteiger partial charge in [-0.25, -0.2) is 4.39 Å². The molecular formula is C16H12Cl2F4N2O4. The van der Waals surface area contributed by atoms with Gasteiger partial charge in [0.1, 0.15) is 11.5 Å². The van der Waals surface area contributed by atoms with Crippen molar-refractivity contribution in [2.45, 2.75) is 26.3 Å². The fourth-order valence-electron chi connectivity index (χ4n) is 2.36. The lowest BCUT2D eigenvalue weighted by molar-refractivity contribution is -0.186. The SMILES string of the molecule is CC(=O)OC(OC(C)=O)c1cc(-c2nn(C)c(C(F)(F)F)c2Cl)c(F)cc1Cl. The molecule has 0 fully saturated rings. The Kier molecular flexibility index (Phi) is 6.24. The van der Waals surface area contributed by atoms with Gasteiger partial charge in [0.05, 0.1) is 15.6 Å². The summed E-state index contributed by atoms with van der Waals surface area (Å²) in [5.41, 5.74) is -2.44. The van der Waals surface area contributed by atoms with Crippen LogP contribution in [-0.2, 0) is 32.3 Å². The zero-order valence-corrected chi connectivity index (χ0v) is 16.0. The van der Waals surface area contributed by atoms with Gasteiger partial charge in [0.2, 0.25) is 0 Å². The van der Waals surface area contributed by atoms with Gasteiger partial charge in [-0.2, -0.15) is 18.3 Å². The van der Waals surface area contributed by atoms with E-state index in [1.54, 1.807) is 0 Å². The zero-order valence-electron chi connectivity index (χ0n) is 14.5. The summed E-state index contributed by atoms with van der Waals surface area (Å²) in [4.78, 5) is 22.5. The molecule has 0 radical (unpaired) electrons. The predicted molar refractivity (Wildman–Crippen MR) is 89.9 cm³/mol. The average Bonchev–Trinajstić information content (AvgIpc) is 2.80. The molecule has 0 unspecified atom stereocenters. The third-order valence-corrected chi connectivity index (χ3v) is 4.08. The van der Waals surface area contributed by atoms with E-state index in [-0.39, 0.29) is 10.6 Å². The van der Waals surface area contributed by atoms with Crippen LogP contribution in [0.1, 0.15) is 31.4 Å². The van der Waals surface area contributed by atoms with Crippen molar-refractivity contribution in [2.24, 2.45) is 7.05 Å². The van der Waals surface area contributed by atoms with Crippen molar-refractivity contribution in [2.75, 3.05) is 0 Å². The molecule has 6 nitrogen and oxygen atoms in total. The van der Waals surface area contributed by atoms with Crippen LogP contribution in [-0.4, -0.2) is 21.7 Å². The molecular weight excluding hydrogens is 431 g/mol. The van der Waals surface area contributed by atoms with Gasteiger partial charge in [-0.05, 0) is 12.1 Å². The minimum Gasteiger partial charge on any atom is -0.421 e. The fraction of sp³-hybridized carbons (Fsp3) is 0.312. The van der Waals surface area contributed by atoms with Crippen molar-refractivity contribution in [1.82, 2.24) is 9.78 Å². The van der Waals surface area contributed by atoms with Crippen molar-refractivity contribution in [3.63, 3.8) is 0 Å². The van der Waals surface area contributed by atoms with Gasteiger partial charge in [-0.3, -0.25) is 14.3 Å². The number of ether oxygens (including phenoxy) is 2. The maximum Gasteiger partial charge on any atom is 0.434 e. The van der Waals surface area contributed by atoms with E-state index < -0.39 is 52.2 Å². The number of rotatable bonds is 4. The topological polar surface area (TPSA) is 70.4 Å². The molecule has 0 spiro atoms. The maximum absolute atomic E-state index is 14.4. The summed E-state index contributed by atoms with van der Waals surface area (Å²) in [6, 6.07) is 1.70. The molecule has 1 aromatic carbocycles. The normalized spacial score (nSPS) is 11.6. The van der Waals surface area contributed by atoms with Crippen LogP contribution < -0.4 is 0 Å². The van der Waals surface area contributed by atoms with E-state index in [1.807, 2.05) is 0 Å². The van der Waals surface area contributed by atoms with Gasteiger partial charge in [0.15, 0.2) is 5.69 Å². The first-order valence-electron chi connectivity index (χ1n) is 7.46.